The van der Waals surface area contributed by atoms with Crippen LogP contribution in [0.3, 0.4) is 0 Å². The number of nitrogen functional groups attached to an aromatic ring is 1. The normalized spacial score (nSPS) is 11.5. The molecule has 0 unspecified atom stereocenters. The van der Waals surface area contributed by atoms with E-state index in [2.05, 4.69) is 28.5 Å². The van der Waals surface area contributed by atoms with E-state index in [4.69, 9.17) is 5.73 Å². The maximum absolute atomic E-state index is 5.98. The molecule has 2 aromatic heterocycles. The van der Waals surface area contributed by atoms with Crippen molar-refractivity contribution < 1.29 is 0 Å². The molecule has 0 aromatic carbocycles. The molecule has 0 saturated carbocycles. The number of rotatable bonds is 5. The first kappa shape index (κ1) is 12.0. The highest BCUT2D eigenvalue weighted by Crippen LogP contribution is 2.21. The molecular formula is C12H21N5. The lowest BCUT2D eigenvalue weighted by Gasteiger charge is -2.07. The summed E-state index contributed by atoms with van der Waals surface area (Å²) >= 11 is 0. The van der Waals surface area contributed by atoms with Gasteiger partial charge in [0.15, 0.2) is 5.65 Å². The molecule has 0 aliphatic heterocycles. The van der Waals surface area contributed by atoms with E-state index < -0.39 is 0 Å². The fourth-order valence-electron chi connectivity index (χ4n) is 2.20. The first-order valence-corrected chi connectivity index (χ1v) is 6.38. The van der Waals surface area contributed by atoms with Crippen LogP contribution in [0.25, 0.3) is 11.2 Å². The number of fused-ring (bicyclic) bond motifs is 1. The molecule has 2 N–H and O–H groups in total. The van der Waals surface area contributed by atoms with Crippen LogP contribution in [-0.2, 0) is 13.1 Å². The van der Waals surface area contributed by atoms with E-state index in [9.17, 15) is 0 Å². The number of nitrogens with zero attached hydrogens (tertiary/aromatic N) is 4. The van der Waals surface area contributed by atoms with E-state index in [1.54, 1.807) is 0 Å². The number of imidazole rings is 1. The minimum Gasteiger partial charge on any atom is -0.369 e. The van der Waals surface area contributed by atoms with E-state index in [-0.39, 0.29) is 0 Å². The maximum Gasteiger partial charge on any atom is 0.202 e. The van der Waals surface area contributed by atoms with Gasteiger partial charge in [0.25, 0.3) is 0 Å². The largest absolute Gasteiger partial charge is 0.369 e. The van der Waals surface area contributed by atoms with E-state index >= 15 is 0 Å². The third-order valence-corrected chi connectivity index (χ3v) is 3.11. The average Bonchev–Trinajstić information content (AvgIpc) is 2.79. The smallest absolute Gasteiger partial charge is 0.202 e. The summed E-state index contributed by atoms with van der Waals surface area (Å²) in [4.78, 5) is 4.42. The van der Waals surface area contributed by atoms with Crippen molar-refractivity contribution in [2.45, 2.75) is 53.1 Å². The molecule has 94 valence electrons. The van der Waals surface area contributed by atoms with Crippen LogP contribution in [0.15, 0.2) is 0 Å². The van der Waals surface area contributed by atoms with Gasteiger partial charge in [0, 0.05) is 13.1 Å². The topological polar surface area (TPSA) is 61.7 Å². The van der Waals surface area contributed by atoms with Crippen molar-refractivity contribution in [2.75, 3.05) is 5.73 Å². The number of aromatic nitrogens is 4. The summed E-state index contributed by atoms with van der Waals surface area (Å²) in [7, 11) is 0. The molecule has 0 aliphatic rings. The van der Waals surface area contributed by atoms with Gasteiger partial charge in [-0.25, -0.2) is 9.67 Å². The van der Waals surface area contributed by atoms with Crippen LogP contribution in [-0.4, -0.2) is 19.3 Å². The van der Waals surface area contributed by atoms with Crippen molar-refractivity contribution in [1.29, 1.82) is 0 Å². The van der Waals surface area contributed by atoms with E-state index in [0.717, 1.165) is 36.4 Å². The molecule has 2 heterocycles. The summed E-state index contributed by atoms with van der Waals surface area (Å²) in [5.41, 5.74) is 8.96. The molecule has 5 heteroatoms. The molecule has 17 heavy (non-hydrogen) atoms. The van der Waals surface area contributed by atoms with Crippen LogP contribution in [0.5, 0.6) is 0 Å². The lowest BCUT2D eigenvalue weighted by Crippen LogP contribution is -2.08. The van der Waals surface area contributed by atoms with Crippen LogP contribution in [0.1, 0.15) is 38.8 Å². The third kappa shape index (κ3) is 2.01. The summed E-state index contributed by atoms with van der Waals surface area (Å²) in [6, 6.07) is 0. The van der Waals surface area contributed by atoms with E-state index in [1.165, 1.54) is 12.8 Å². The van der Waals surface area contributed by atoms with Crippen LogP contribution in [0.2, 0.25) is 0 Å². The number of hydrogen-bond acceptors (Lipinski definition) is 3. The van der Waals surface area contributed by atoms with Gasteiger partial charge in [0.1, 0.15) is 5.52 Å². The highest BCUT2D eigenvalue weighted by Gasteiger charge is 2.15. The molecule has 0 radical (unpaired) electrons. The molecule has 2 aromatic rings. The molecule has 5 nitrogen and oxygen atoms in total. The molecule has 0 spiro atoms. The second-order valence-corrected chi connectivity index (χ2v) is 4.40. The van der Waals surface area contributed by atoms with Crippen molar-refractivity contribution in [2.24, 2.45) is 0 Å². The van der Waals surface area contributed by atoms with Gasteiger partial charge in [-0.05, 0) is 20.3 Å². The minimum absolute atomic E-state index is 0.610. The quantitative estimate of drug-likeness (QED) is 0.809. The van der Waals surface area contributed by atoms with Gasteiger partial charge in [-0.3, -0.25) is 4.57 Å². The molecule has 0 fully saturated rings. The Morgan fingerprint density at radius 2 is 2.00 bits per heavy atom. The first-order chi connectivity index (χ1) is 8.19. The van der Waals surface area contributed by atoms with Gasteiger partial charge in [-0.15, -0.1) is 0 Å². The Kier molecular flexibility index (Phi) is 3.36. The zero-order valence-corrected chi connectivity index (χ0v) is 10.9. The fraction of sp³-hybridized carbons (Fsp3) is 0.667. The Hall–Kier alpha value is -1.52. The number of nitrogens with two attached hydrogens (primary N) is 1. The highest BCUT2D eigenvalue weighted by atomic mass is 15.4. The molecule has 0 atom stereocenters. The van der Waals surface area contributed by atoms with Gasteiger partial charge in [-0.1, -0.05) is 19.8 Å². The van der Waals surface area contributed by atoms with Crippen molar-refractivity contribution in [3.8, 4) is 0 Å². The Bertz CT molecular complexity index is 508. The Morgan fingerprint density at radius 1 is 1.24 bits per heavy atom. The molecule has 0 amide bonds. The van der Waals surface area contributed by atoms with Crippen LogP contribution < -0.4 is 5.73 Å². The van der Waals surface area contributed by atoms with Gasteiger partial charge in [0.05, 0.1) is 5.69 Å². The molecule has 2 rings (SSSR count). The maximum atomic E-state index is 5.98. The highest BCUT2D eigenvalue weighted by molar-refractivity contribution is 5.77. The van der Waals surface area contributed by atoms with Crippen LogP contribution in [0.4, 0.5) is 5.95 Å². The second-order valence-electron chi connectivity index (χ2n) is 4.40. The van der Waals surface area contributed by atoms with Crippen molar-refractivity contribution >= 4 is 17.1 Å². The zero-order valence-electron chi connectivity index (χ0n) is 10.9. The number of hydrogen-bond donors (Lipinski definition) is 1. The van der Waals surface area contributed by atoms with Gasteiger partial charge >= 0.3 is 0 Å². The molecular weight excluding hydrogens is 214 g/mol. The first-order valence-electron chi connectivity index (χ1n) is 6.38. The predicted molar refractivity (Wildman–Crippen MR) is 69.9 cm³/mol. The average molecular weight is 235 g/mol. The SMILES string of the molecule is CCCCCn1c(N)nc2c(C)nn(CC)c21. The van der Waals surface area contributed by atoms with Gasteiger partial charge < -0.3 is 5.73 Å². The number of anilines is 1. The summed E-state index contributed by atoms with van der Waals surface area (Å²) < 4.78 is 4.08. The Morgan fingerprint density at radius 3 is 2.65 bits per heavy atom. The lowest BCUT2D eigenvalue weighted by molar-refractivity contribution is 0.590. The molecule has 0 bridgehead atoms. The number of aryl methyl sites for hydroxylation is 3. The third-order valence-electron chi connectivity index (χ3n) is 3.11. The van der Waals surface area contributed by atoms with Gasteiger partial charge in [0.2, 0.25) is 5.95 Å². The van der Waals surface area contributed by atoms with E-state index in [0.29, 0.717) is 5.95 Å². The fourth-order valence-corrected chi connectivity index (χ4v) is 2.20. The lowest BCUT2D eigenvalue weighted by atomic mass is 10.2. The van der Waals surface area contributed by atoms with Gasteiger partial charge in [-0.2, -0.15) is 5.10 Å². The van der Waals surface area contributed by atoms with E-state index in [1.807, 2.05) is 11.6 Å². The summed E-state index contributed by atoms with van der Waals surface area (Å²) in [6.45, 7) is 8.06. The Balaban J connectivity index is 2.41. The molecule has 0 saturated heterocycles. The summed E-state index contributed by atoms with van der Waals surface area (Å²) in [5, 5.41) is 4.48. The summed E-state index contributed by atoms with van der Waals surface area (Å²) in [6.07, 6.45) is 3.57. The summed E-state index contributed by atoms with van der Waals surface area (Å²) in [5.74, 6) is 0.610. The van der Waals surface area contributed by atoms with Crippen LogP contribution >= 0.6 is 0 Å². The standard InChI is InChI=1S/C12H21N5/c1-4-6-7-8-16-11-10(14-12(16)13)9(3)15-17(11)5-2/h4-8H2,1-3H3,(H2,13,14). The predicted octanol–water partition coefficient (Wildman–Crippen LogP) is 2.33. The van der Waals surface area contributed by atoms with Crippen molar-refractivity contribution in [1.82, 2.24) is 19.3 Å². The van der Waals surface area contributed by atoms with Crippen molar-refractivity contribution in [3.05, 3.63) is 5.69 Å². The van der Waals surface area contributed by atoms with Crippen LogP contribution in [0, 0.1) is 6.92 Å². The zero-order chi connectivity index (χ0) is 12.4. The van der Waals surface area contributed by atoms with Crippen molar-refractivity contribution in [3.63, 3.8) is 0 Å². The molecule has 0 aliphatic carbocycles. The Labute approximate surface area is 102 Å². The second kappa shape index (κ2) is 4.77. The number of unbranched alkanes of at least 4 members (excludes halogenated alkanes) is 2. The monoisotopic (exact) mass is 235 g/mol. The minimum atomic E-state index is 0.610.